The molecule has 0 bridgehead atoms. The van der Waals surface area contributed by atoms with Crippen LogP contribution in [0.2, 0.25) is 0 Å². The second kappa shape index (κ2) is 6.61. The number of hydrogen-bond donors (Lipinski definition) is 0. The number of benzene rings is 1. The fourth-order valence-electron chi connectivity index (χ4n) is 4.79. The van der Waals surface area contributed by atoms with Gasteiger partial charge in [0.05, 0.1) is 15.9 Å². The summed E-state index contributed by atoms with van der Waals surface area (Å²) in [6, 6.07) is 5.05. The summed E-state index contributed by atoms with van der Waals surface area (Å²) in [6.07, 6.45) is 5.92. The fourth-order valence-corrected chi connectivity index (χ4v) is 6.38. The Bertz CT molecular complexity index is 1110. The second-order valence-corrected chi connectivity index (χ2v) is 10.4. The van der Waals surface area contributed by atoms with Crippen LogP contribution in [0.5, 0.6) is 0 Å². The third kappa shape index (κ3) is 3.06. The van der Waals surface area contributed by atoms with Crippen LogP contribution in [0.4, 0.5) is 4.39 Å². The van der Waals surface area contributed by atoms with Crippen LogP contribution in [-0.2, 0) is 21.9 Å². The van der Waals surface area contributed by atoms with E-state index >= 15 is 0 Å². The van der Waals surface area contributed by atoms with Gasteiger partial charge in [0.15, 0.2) is 5.82 Å². The van der Waals surface area contributed by atoms with E-state index in [4.69, 9.17) is 9.78 Å². The molecule has 1 aromatic carbocycles. The first-order valence-electron chi connectivity index (χ1n) is 9.95. The lowest BCUT2D eigenvalue weighted by Crippen LogP contribution is -2.35. The zero-order chi connectivity index (χ0) is 20.2. The molecule has 5 rings (SSSR count). The van der Waals surface area contributed by atoms with Gasteiger partial charge in [-0.15, -0.1) is 0 Å². The highest BCUT2D eigenvalue weighted by Crippen LogP contribution is 2.51. The quantitative estimate of drug-likeness (QED) is 0.743. The molecule has 152 valence electrons. The van der Waals surface area contributed by atoms with Crippen LogP contribution >= 0.6 is 0 Å². The Morgan fingerprint density at radius 1 is 1.34 bits per heavy atom. The summed E-state index contributed by atoms with van der Waals surface area (Å²) in [6.45, 7) is 0.631. The van der Waals surface area contributed by atoms with Crippen molar-refractivity contribution in [3.63, 3.8) is 0 Å². The number of fused-ring (bicyclic) bond motifs is 1. The minimum atomic E-state index is -3.85. The number of nitrogens with zero attached hydrogens (tertiary/aromatic N) is 4. The zero-order valence-electron chi connectivity index (χ0n) is 15.8. The van der Waals surface area contributed by atoms with E-state index in [1.807, 2.05) is 0 Å². The molecule has 29 heavy (non-hydrogen) atoms. The van der Waals surface area contributed by atoms with Gasteiger partial charge in [-0.1, -0.05) is 11.6 Å². The van der Waals surface area contributed by atoms with Gasteiger partial charge in [-0.05, 0) is 55.7 Å². The molecule has 3 aliphatic rings. The van der Waals surface area contributed by atoms with E-state index in [2.05, 4.69) is 10.1 Å². The number of nitriles is 1. The minimum Gasteiger partial charge on any atom is -0.339 e. The lowest BCUT2D eigenvalue weighted by molar-refractivity contribution is 0.260. The lowest BCUT2D eigenvalue weighted by Gasteiger charge is -2.24. The van der Waals surface area contributed by atoms with E-state index in [0.717, 1.165) is 37.8 Å². The summed E-state index contributed by atoms with van der Waals surface area (Å²) in [4.78, 5) is 4.58. The molecule has 2 saturated carbocycles. The van der Waals surface area contributed by atoms with Crippen LogP contribution in [0, 0.1) is 29.0 Å². The molecule has 2 heterocycles. The first-order valence-corrected chi connectivity index (χ1v) is 11.4. The molecule has 9 heteroatoms. The summed E-state index contributed by atoms with van der Waals surface area (Å²) in [7, 11) is -3.85. The SMILES string of the molecule is N#Cc1cc(S(=O)(=O)N2C[C@H]3CCC[C@@]3(c3nc(CC4CC4)no3)C2)ccc1F. The molecule has 3 fully saturated rings. The van der Waals surface area contributed by atoms with Crippen molar-refractivity contribution in [2.24, 2.45) is 11.8 Å². The first kappa shape index (κ1) is 18.7. The van der Waals surface area contributed by atoms with Crippen LogP contribution in [0.3, 0.4) is 0 Å². The zero-order valence-corrected chi connectivity index (χ0v) is 16.7. The van der Waals surface area contributed by atoms with Crippen molar-refractivity contribution in [3.8, 4) is 6.07 Å². The van der Waals surface area contributed by atoms with E-state index < -0.39 is 21.3 Å². The third-order valence-electron chi connectivity index (χ3n) is 6.60. The van der Waals surface area contributed by atoms with Gasteiger partial charge in [0.25, 0.3) is 0 Å². The van der Waals surface area contributed by atoms with Gasteiger partial charge in [0.1, 0.15) is 11.9 Å². The van der Waals surface area contributed by atoms with Crippen molar-refractivity contribution in [2.45, 2.75) is 48.8 Å². The van der Waals surface area contributed by atoms with E-state index in [9.17, 15) is 12.8 Å². The molecule has 1 aromatic heterocycles. The summed E-state index contributed by atoms with van der Waals surface area (Å²) >= 11 is 0. The highest BCUT2D eigenvalue weighted by atomic mass is 32.2. The van der Waals surface area contributed by atoms with Gasteiger partial charge >= 0.3 is 0 Å². The number of sulfonamides is 1. The van der Waals surface area contributed by atoms with Crippen LogP contribution < -0.4 is 0 Å². The third-order valence-corrected chi connectivity index (χ3v) is 8.41. The molecular weight excluding hydrogens is 395 g/mol. The van der Waals surface area contributed by atoms with Gasteiger partial charge in [-0.25, -0.2) is 12.8 Å². The fraction of sp³-hybridized carbons (Fsp3) is 0.550. The maximum atomic E-state index is 13.6. The Kier molecular flexibility index (Phi) is 4.26. The van der Waals surface area contributed by atoms with E-state index in [1.54, 1.807) is 6.07 Å². The number of halogens is 1. The normalized spacial score (nSPS) is 27.1. The topological polar surface area (TPSA) is 100 Å². The van der Waals surface area contributed by atoms with E-state index in [0.29, 0.717) is 24.2 Å². The standard InChI is InChI=1S/C20H21FN4O3S/c21-17-6-5-16(9-14(17)10-22)29(26,27)25-11-15-2-1-7-20(15,12-25)19-23-18(24-28-19)8-13-3-4-13/h5-6,9,13,15H,1-4,7-8,11-12H2/t15-,20-/m1/s1. The van der Waals surface area contributed by atoms with Gasteiger partial charge in [0.2, 0.25) is 15.9 Å². The highest BCUT2D eigenvalue weighted by molar-refractivity contribution is 7.89. The van der Waals surface area contributed by atoms with Crippen LogP contribution in [0.25, 0.3) is 0 Å². The molecule has 2 atom stereocenters. The first-order chi connectivity index (χ1) is 13.9. The maximum Gasteiger partial charge on any atom is 0.243 e. The smallest absolute Gasteiger partial charge is 0.243 e. The second-order valence-electron chi connectivity index (χ2n) is 8.46. The molecule has 2 aromatic rings. The van der Waals surface area contributed by atoms with Crippen molar-refractivity contribution in [1.82, 2.24) is 14.4 Å². The average Bonchev–Trinajstić information content (AvgIpc) is 3.07. The van der Waals surface area contributed by atoms with Gasteiger partial charge in [0, 0.05) is 19.5 Å². The summed E-state index contributed by atoms with van der Waals surface area (Å²) in [5, 5.41) is 13.2. The molecule has 0 N–H and O–H groups in total. The van der Waals surface area contributed by atoms with Crippen molar-refractivity contribution < 1.29 is 17.3 Å². The number of rotatable bonds is 5. The summed E-state index contributed by atoms with van der Waals surface area (Å²) in [5.41, 5.74) is -0.734. The summed E-state index contributed by atoms with van der Waals surface area (Å²) < 4.78 is 47.1. The molecule has 0 radical (unpaired) electrons. The predicted molar refractivity (Wildman–Crippen MR) is 99.6 cm³/mol. The Hall–Kier alpha value is -2.31. The maximum absolute atomic E-state index is 13.6. The summed E-state index contributed by atoms with van der Waals surface area (Å²) in [5.74, 6) is 1.29. The highest BCUT2D eigenvalue weighted by Gasteiger charge is 2.56. The molecule has 0 spiro atoms. The van der Waals surface area contributed by atoms with Gasteiger partial charge in [-0.2, -0.15) is 14.6 Å². The molecule has 1 aliphatic heterocycles. The average molecular weight is 416 g/mol. The molecule has 0 amide bonds. The Balaban J connectivity index is 1.45. The lowest BCUT2D eigenvalue weighted by atomic mass is 9.80. The Morgan fingerprint density at radius 3 is 2.93 bits per heavy atom. The Morgan fingerprint density at radius 2 is 2.17 bits per heavy atom. The van der Waals surface area contributed by atoms with Crippen LogP contribution in [-0.4, -0.2) is 36.0 Å². The van der Waals surface area contributed by atoms with Gasteiger partial charge < -0.3 is 4.52 Å². The largest absolute Gasteiger partial charge is 0.339 e. The number of hydrogen-bond acceptors (Lipinski definition) is 6. The van der Waals surface area contributed by atoms with Crippen molar-refractivity contribution in [3.05, 3.63) is 41.3 Å². The van der Waals surface area contributed by atoms with Crippen molar-refractivity contribution in [2.75, 3.05) is 13.1 Å². The monoisotopic (exact) mass is 416 g/mol. The van der Waals surface area contributed by atoms with Gasteiger partial charge in [-0.3, -0.25) is 0 Å². The van der Waals surface area contributed by atoms with Crippen molar-refractivity contribution in [1.29, 1.82) is 5.26 Å². The number of aromatic nitrogens is 2. The molecular formula is C20H21FN4O3S. The van der Waals surface area contributed by atoms with Crippen molar-refractivity contribution >= 4 is 10.0 Å². The minimum absolute atomic E-state index is 0.0643. The predicted octanol–water partition coefficient (Wildman–Crippen LogP) is 2.78. The molecule has 2 aliphatic carbocycles. The molecule has 0 unspecified atom stereocenters. The molecule has 1 saturated heterocycles. The van der Waals surface area contributed by atoms with E-state index in [1.165, 1.54) is 23.2 Å². The van der Waals surface area contributed by atoms with Crippen LogP contribution in [0.15, 0.2) is 27.6 Å². The Labute approximate surface area is 168 Å². The van der Waals surface area contributed by atoms with Crippen LogP contribution in [0.1, 0.15) is 49.4 Å². The molecule has 7 nitrogen and oxygen atoms in total. The van der Waals surface area contributed by atoms with E-state index in [-0.39, 0.29) is 22.9 Å².